The first-order valence-corrected chi connectivity index (χ1v) is 7.02. The number of aryl methyl sites for hydroxylation is 1. The SMILES string of the molecule is Cn1cc(CNC2CCCC(C3CC3)C2)cn1. The summed E-state index contributed by atoms with van der Waals surface area (Å²) in [6, 6.07) is 0.745. The molecule has 17 heavy (non-hydrogen) atoms. The Morgan fingerprint density at radius 3 is 2.88 bits per heavy atom. The van der Waals surface area contributed by atoms with Crippen LogP contribution < -0.4 is 5.32 Å². The number of hydrogen-bond acceptors (Lipinski definition) is 2. The Hall–Kier alpha value is -0.830. The molecule has 0 spiro atoms. The fraction of sp³-hybridized carbons (Fsp3) is 0.786. The molecular formula is C14H23N3. The summed E-state index contributed by atoms with van der Waals surface area (Å²) in [7, 11) is 1.98. The smallest absolute Gasteiger partial charge is 0.0534 e. The standard InChI is InChI=1S/C14H23N3/c1-17-10-11(9-16-17)8-15-14-4-2-3-13(7-14)12-5-6-12/h9-10,12-15H,2-8H2,1H3. The Labute approximate surface area is 104 Å². The van der Waals surface area contributed by atoms with Gasteiger partial charge < -0.3 is 5.32 Å². The van der Waals surface area contributed by atoms with Gasteiger partial charge in [-0.05, 0) is 37.5 Å². The Morgan fingerprint density at radius 1 is 1.29 bits per heavy atom. The molecule has 1 N–H and O–H groups in total. The summed E-state index contributed by atoms with van der Waals surface area (Å²) >= 11 is 0. The summed E-state index contributed by atoms with van der Waals surface area (Å²) in [5.74, 6) is 2.10. The Bertz CT molecular complexity index is 367. The second-order valence-electron chi connectivity index (χ2n) is 5.86. The van der Waals surface area contributed by atoms with Crippen LogP contribution in [-0.2, 0) is 13.6 Å². The predicted molar refractivity (Wildman–Crippen MR) is 68.5 cm³/mol. The number of rotatable bonds is 4. The van der Waals surface area contributed by atoms with Crippen molar-refractivity contribution in [2.45, 2.75) is 51.1 Å². The molecule has 2 saturated carbocycles. The lowest BCUT2D eigenvalue weighted by atomic mass is 9.82. The van der Waals surface area contributed by atoms with Gasteiger partial charge in [0, 0.05) is 31.4 Å². The lowest BCUT2D eigenvalue weighted by Crippen LogP contribution is -2.34. The highest BCUT2D eigenvalue weighted by atomic mass is 15.2. The molecule has 0 aromatic carbocycles. The molecule has 0 radical (unpaired) electrons. The minimum atomic E-state index is 0.745. The quantitative estimate of drug-likeness (QED) is 0.866. The van der Waals surface area contributed by atoms with Crippen LogP contribution in [0, 0.1) is 11.8 Å². The molecule has 3 nitrogen and oxygen atoms in total. The topological polar surface area (TPSA) is 29.9 Å². The van der Waals surface area contributed by atoms with Gasteiger partial charge in [0.25, 0.3) is 0 Å². The van der Waals surface area contributed by atoms with Crippen molar-refractivity contribution in [2.75, 3.05) is 0 Å². The van der Waals surface area contributed by atoms with Crippen LogP contribution in [0.25, 0.3) is 0 Å². The third-order valence-electron chi connectivity index (χ3n) is 4.36. The number of hydrogen-bond donors (Lipinski definition) is 1. The molecule has 3 heteroatoms. The van der Waals surface area contributed by atoms with E-state index in [0.29, 0.717) is 0 Å². The molecule has 2 aliphatic rings. The van der Waals surface area contributed by atoms with Gasteiger partial charge in [-0.25, -0.2) is 0 Å². The minimum Gasteiger partial charge on any atom is -0.310 e. The summed E-state index contributed by atoms with van der Waals surface area (Å²) in [6.45, 7) is 0.982. The number of nitrogens with one attached hydrogen (secondary N) is 1. The maximum Gasteiger partial charge on any atom is 0.0534 e. The summed E-state index contributed by atoms with van der Waals surface area (Å²) in [6.07, 6.45) is 12.7. The van der Waals surface area contributed by atoms with E-state index in [4.69, 9.17) is 0 Å². The monoisotopic (exact) mass is 233 g/mol. The van der Waals surface area contributed by atoms with Crippen molar-refractivity contribution in [3.05, 3.63) is 18.0 Å². The third kappa shape index (κ3) is 2.89. The largest absolute Gasteiger partial charge is 0.310 e. The van der Waals surface area contributed by atoms with E-state index in [2.05, 4.69) is 16.6 Å². The fourth-order valence-electron chi connectivity index (χ4n) is 3.23. The average Bonchev–Trinajstić information content (AvgIpc) is 3.11. The Morgan fingerprint density at radius 2 is 2.18 bits per heavy atom. The van der Waals surface area contributed by atoms with E-state index in [1.165, 1.54) is 44.1 Å². The van der Waals surface area contributed by atoms with Crippen molar-refractivity contribution in [3.8, 4) is 0 Å². The highest BCUT2D eigenvalue weighted by Gasteiger charge is 2.34. The first-order chi connectivity index (χ1) is 8.31. The number of nitrogens with zero attached hydrogens (tertiary/aromatic N) is 2. The lowest BCUT2D eigenvalue weighted by molar-refractivity contribution is 0.260. The highest BCUT2D eigenvalue weighted by molar-refractivity contribution is 5.03. The van der Waals surface area contributed by atoms with E-state index in [0.717, 1.165) is 24.4 Å². The molecule has 94 valence electrons. The molecule has 0 amide bonds. The van der Waals surface area contributed by atoms with Gasteiger partial charge in [-0.2, -0.15) is 5.10 Å². The van der Waals surface area contributed by atoms with Crippen LogP contribution >= 0.6 is 0 Å². The molecular weight excluding hydrogens is 210 g/mol. The first-order valence-electron chi connectivity index (χ1n) is 7.02. The van der Waals surface area contributed by atoms with Crippen molar-refractivity contribution in [1.29, 1.82) is 0 Å². The van der Waals surface area contributed by atoms with Crippen molar-refractivity contribution < 1.29 is 0 Å². The molecule has 1 heterocycles. The van der Waals surface area contributed by atoms with Crippen molar-refractivity contribution in [1.82, 2.24) is 15.1 Å². The van der Waals surface area contributed by atoms with Crippen LogP contribution in [0.2, 0.25) is 0 Å². The zero-order chi connectivity index (χ0) is 11.7. The van der Waals surface area contributed by atoms with Gasteiger partial charge >= 0.3 is 0 Å². The van der Waals surface area contributed by atoms with E-state index in [9.17, 15) is 0 Å². The van der Waals surface area contributed by atoms with Gasteiger partial charge in [-0.3, -0.25) is 4.68 Å². The van der Waals surface area contributed by atoms with Gasteiger partial charge in [0.1, 0.15) is 0 Å². The van der Waals surface area contributed by atoms with E-state index in [1.54, 1.807) is 0 Å². The first kappa shape index (κ1) is 11.3. The van der Waals surface area contributed by atoms with Gasteiger partial charge in [0.15, 0.2) is 0 Å². The molecule has 1 aromatic heterocycles. The lowest BCUT2D eigenvalue weighted by Gasteiger charge is -2.29. The second kappa shape index (κ2) is 4.81. The maximum atomic E-state index is 4.21. The second-order valence-corrected chi connectivity index (χ2v) is 5.86. The molecule has 2 fully saturated rings. The van der Waals surface area contributed by atoms with Crippen LogP contribution in [0.1, 0.15) is 44.1 Å². The molecule has 2 aliphatic carbocycles. The average molecular weight is 233 g/mol. The molecule has 2 unspecified atom stereocenters. The number of aromatic nitrogens is 2. The zero-order valence-electron chi connectivity index (χ0n) is 10.7. The highest BCUT2D eigenvalue weighted by Crippen LogP contribution is 2.43. The summed E-state index contributed by atoms with van der Waals surface area (Å²) in [5.41, 5.74) is 1.31. The fourth-order valence-corrected chi connectivity index (χ4v) is 3.23. The summed E-state index contributed by atoms with van der Waals surface area (Å²) in [4.78, 5) is 0. The van der Waals surface area contributed by atoms with Gasteiger partial charge in [-0.15, -0.1) is 0 Å². The van der Waals surface area contributed by atoms with Crippen LogP contribution in [0.5, 0.6) is 0 Å². The maximum absolute atomic E-state index is 4.21. The molecule has 0 aliphatic heterocycles. The van der Waals surface area contributed by atoms with Crippen LogP contribution in [0.4, 0.5) is 0 Å². The van der Waals surface area contributed by atoms with Crippen molar-refractivity contribution in [3.63, 3.8) is 0 Å². The van der Waals surface area contributed by atoms with Gasteiger partial charge in [0.2, 0.25) is 0 Å². The van der Waals surface area contributed by atoms with Crippen LogP contribution in [-0.4, -0.2) is 15.8 Å². The predicted octanol–water partition coefficient (Wildman–Crippen LogP) is 2.48. The van der Waals surface area contributed by atoms with Gasteiger partial charge in [0.05, 0.1) is 6.20 Å². The van der Waals surface area contributed by atoms with E-state index < -0.39 is 0 Å². The van der Waals surface area contributed by atoms with E-state index >= 15 is 0 Å². The zero-order valence-corrected chi connectivity index (χ0v) is 10.7. The Kier molecular flexibility index (Phi) is 3.19. The van der Waals surface area contributed by atoms with Crippen LogP contribution in [0.3, 0.4) is 0 Å². The summed E-state index contributed by atoms with van der Waals surface area (Å²) < 4.78 is 1.88. The minimum absolute atomic E-state index is 0.745. The molecule has 0 bridgehead atoms. The molecule has 0 saturated heterocycles. The molecule has 3 rings (SSSR count). The van der Waals surface area contributed by atoms with Crippen molar-refractivity contribution in [2.24, 2.45) is 18.9 Å². The summed E-state index contributed by atoms with van der Waals surface area (Å²) in [5, 5.41) is 7.92. The van der Waals surface area contributed by atoms with Gasteiger partial charge in [-0.1, -0.05) is 12.8 Å². The van der Waals surface area contributed by atoms with E-state index in [-0.39, 0.29) is 0 Å². The Balaban J connectivity index is 1.47. The molecule has 1 aromatic rings. The van der Waals surface area contributed by atoms with Crippen LogP contribution in [0.15, 0.2) is 12.4 Å². The third-order valence-corrected chi connectivity index (χ3v) is 4.36. The van der Waals surface area contributed by atoms with E-state index in [1.807, 2.05) is 17.9 Å². The van der Waals surface area contributed by atoms with Crippen molar-refractivity contribution >= 4 is 0 Å². The molecule has 2 atom stereocenters. The normalized spacial score (nSPS) is 29.5.